The van der Waals surface area contributed by atoms with Crippen LogP contribution in [0, 0.1) is 0 Å². The highest BCUT2D eigenvalue weighted by atomic mass is 35.5. The van der Waals surface area contributed by atoms with Crippen molar-refractivity contribution in [2.24, 2.45) is 0 Å². The zero-order valence-electron chi connectivity index (χ0n) is 11.1. The number of aliphatic hydroxyl groups excluding tert-OH is 1. The molecule has 0 radical (unpaired) electrons. The van der Waals surface area contributed by atoms with Crippen LogP contribution < -0.4 is 4.90 Å². The SMILES string of the molecule is CC(=O)N1CCCN(c2ccc(Cl)cc2CO)CC1. The first-order valence-electron chi connectivity index (χ1n) is 6.51. The van der Waals surface area contributed by atoms with Crippen LogP contribution >= 0.6 is 11.6 Å². The minimum atomic E-state index is -0.0250. The van der Waals surface area contributed by atoms with Gasteiger partial charge in [-0.25, -0.2) is 0 Å². The van der Waals surface area contributed by atoms with E-state index in [0.29, 0.717) is 5.02 Å². The van der Waals surface area contributed by atoms with Crippen LogP contribution in [0.1, 0.15) is 18.9 Å². The van der Waals surface area contributed by atoms with Gasteiger partial charge in [0.25, 0.3) is 0 Å². The van der Waals surface area contributed by atoms with Gasteiger partial charge >= 0.3 is 0 Å². The lowest BCUT2D eigenvalue weighted by molar-refractivity contribution is -0.128. The van der Waals surface area contributed by atoms with Crippen LogP contribution in [0.15, 0.2) is 18.2 Å². The summed E-state index contributed by atoms with van der Waals surface area (Å²) in [4.78, 5) is 15.5. The van der Waals surface area contributed by atoms with E-state index in [-0.39, 0.29) is 12.5 Å². The Kier molecular flexibility index (Phi) is 4.66. The summed E-state index contributed by atoms with van der Waals surface area (Å²) in [6.07, 6.45) is 0.938. The Labute approximate surface area is 118 Å². The van der Waals surface area contributed by atoms with Gasteiger partial charge in [-0.05, 0) is 24.6 Å². The summed E-state index contributed by atoms with van der Waals surface area (Å²) in [5, 5.41) is 10.1. The van der Waals surface area contributed by atoms with Gasteiger partial charge < -0.3 is 14.9 Å². The van der Waals surface area contributed by atoms with Gasteiger partial charge in [-0.2, -0.15) is 0 Å². The van der Waals surface area contributed by atoms with Crippen molar-refractivity contribution in [2.45, 2.75) is 20.0 Å². The van der Waals surface area contributed by atoms with Crippen LogP contribution in [0.3, 0.4) is 0 Å². The molecule has 5 heteroatoms. The van der Waals surface area contributed by atoms with Crippen molar-refractivity contribution in [2.75, 3.05) is 31.1 Å². The van der Waals surface area contributed by atoms with Gasteiger partial charge in [0.1, 0.15) is 0 Å². The highest BCUT2D eigenvalue weighted by Gasteiger charge is 2.18. The van der Waals surface area contributed by atoms with E-state index in [1.807, 2.05) is 17.0 Å². The first-order chi connectivity index (χ1) is 9.11. The summed E-state index contributed by atoms with van der Waals surface area (Å²) in [5.74, 6) is 0.125. The molecule has 1 aliphatic heterocycles. The standard InChI is InChI=1S/C14H19ClN2O2/c1-11(19)16-5-2-6-17(8-7-16)14-4-3-13(15)9-12(14)10-18/h3-4,9,18H,2,5-8,10H2,1H3. The summed E-state index contributed by atoms with van der Waals surface area (Å²) in [5.41, 5.74) is 1.85. The first kappa shape index (κ1) is 14.2. The molecule has 1 N–H and O–H groups in total. The normalized spacial score (nSPS) is 16.4. The van der Waals surface area contributed by atoms with Crippen LogP contribution in [0.25, 0.3) is 0 Å². The summed E-state index contributed by atoms with van der Waals surface area (Å²) in [6, 6.07) is 5.57. The number of hydrogen-bond donors (Lipinski definition) is 1. The lowest BCUT2D eigenvalue weighted by Gasteiger charge is -2.25. The second-order valence-electron chi connectivity index (χ2n) is 4.78. The fourth-order valence-corrected chi connectivity index (χ4v) is 2.66. The van der Waals surface area contributed by atoms with E-state index in [1.165, 1.54) is 0 Å². The minimum Gasteiger partial charge on any atom is -0.392 e. The minimum absolute atomic E-state index is 0.0250. The molecule has 1 aromatic carbocycles. The highest BCUT2D eigenvalue weighted by molar-refractivity contribution is 6.30. The van der Waals surface area contributed by atoms with Crippen molar-refractivity contribution in [3.63, 3.8) is 0 Å². The van der Waals surface area contributed by atoms with Crippen molar-refractivity contribution in [1.29, 1.82) is 0 Å². The molecular formula is C14H19ClN2O2. The molecule has 4 nitrogen and oxygen atoms in total. The van der Waals surface area contributed by atoms with Gasteiger partial charge in [0.2, 0.25) is 5.91 Å². The van der Waals surface area contributed by atoms with E-state index in [1.54, 1.807) is 13.0 Å². The lowest BCUT2D eigenvalue weighted by Crippen LogP contribution is -2.33. The molecule has 0 unspecified atom stereocenters. The molecule has 1 aliphatic rings. The third-order valence-electron chi connectivity index (χ3n) is 3.49. The molecule has 1 aromatic rings. The first-order valence-corrected chi connectivity index (χ1v) is 6.89. The van der Waals surface area contributed by atoms with Crippen LogP contribution in [0.2, 0.25) is 5.02 Å². The molecule has 0 atom stereocenters. The zero-order valence-corrected chi connectivity index (χ0v) is 11.9. The number of carbonyl (C=O) groups is 1. The Bertz CT molecular complexity index is 465. The van der Waals surface area contributed by atoms with E-state index in [9.17, 15) is 9.90 Å². The molecule has 0 aliphatic carbocycles. The largest absolute Gasteiger partial charge is 0.392 e. The van der Waals surface area contributed by atoms with Crippen LogP contribution in [0.4, 0.5) is 5.69 Å². The fourth-order valence-electron chi connectivity index (χ4n) is 2.46. The second-order valence-corrected chi connectivity index (χ2v) is 5.21. The Morgan fingerprint density at radius 2 is 2.11 bits per heavy atom. The lowest BCUT2D eigenvalue weighted by atomic mass is 10.1. The van der Waals surface area contributed by atoms with Crippen LogP contribution in [0.5, 0.6) is 0 Å². The molecule has 0 saturated carbocycles. The maximum absolute atomic E-state index is 11.4. The van der Waals surface area contributed by atoms with Gasteiger partial charge in [-0.15, -0.1) is 0 Å². The maximum atomic E-state index is 11.4. The molecule has 1 fully saturated rings. The average Bonchev–Trinajstić information content (AvgIpc) is 2.64. The predicted molar refractivity (Wildman–Crippen MR) is 76.5 cm³/mol. The molecule has 1 heterocycles. The molecule has 2 rings (SSSR count). The van der Waals surface area contributed by atoms with Crippen LogP contribution in [-0.4, -0.2) is 42.1 Å². The smallest absolute Gasteiger partial charge is 0.219 e. The number of anilines is 1. The number of amides is 1. The third-order valence-corrected chi connectivity index (χ3v) is 3.73. The molecular weight excluding hydrogens is 264 g/mol. The number of benzene rings is 1. The van der Waals surface area contributed by atoms with Gasteiger partial charge in [-0.1, -0.05) is 11.6 Å². The van der Waals surface area contributed by atoms with Crippen LogP contribution in [-0.2, 0) is 11.4 Å². The van der Waals surface area contributed by atoms with Gasteiger partial charge in [-0.3, -0.25) is 4.79 Å². The van der Waals surface area contributed by atoms with E-state index >= 15 is 0 Å². The average molecular weight is 283 g/mol. The number of rotatable bonds is 2. The number of halogens is 1. The van der Waals surface area contributed by atoms with Crippen molar-refractivity contribution < 1.29 is 9.90 Å². The quantitative estimate of drug-likeness (QED) is 0.901. The summed E-state index contributed by atoms with van der Waals surface area (Å²) < 4.78 is 0. The summed E-state index contributed by atoms with van der Waals surface area (Å²) in [6.45, 7) is 4.78. The maximum Gasteiger partial charge on any atom is 0.219 e. The number of carbonyl (C=O) groups excluding carboxylic acids is 1. The van der Waals surface area contributed by atoms with E-state index in [2.05, 4.69) is 4.90 Å². The van der Waals surface area contributed by atoms with Crippen molar-refractivity contribution in [1.82, 2.24) is 4.90 Å². The topological polar surface area (TPSA) is 43.8 Å². The molecule has 104 valence electrons. The highest BCUT2D eigenvalue weighted by Crippen LogP contribution is 2.25. The van der Waals surface area contributed by atoms with Crippen molar-refractivity contribution in [3.8, 4) is 0 Å². The molecule has 1 saturated heterocycles. The van der Waals surface area contributed by atoms with E-state index in [0.717, 1.165) is 43.9 Å². The van der Waals surface area contributed by atoms with Gasteiger partial charge in [0, 0.05) is 49.4 Å². The van der Waals surface area contributed by atoms with Gasteiger partial charge in [0.15, 0.2) is 0 Å². The second kappa shape index (κ2) is 6.26. The van der Waals surface area contributed by atoms with E-state index < -0.39 is 0 Å². The molecule has 1 amide bonds. The van der Waals surface area contributed by atoms with Gasteiger partial charge in [0.05, 0.1) is 6.61 Å². The molecule has 0 spiro atoms. The third kappa shape index (κ3) is 3.39. The Morgan fingerprint density at radius 1 is 1.32 bits per heavy atom. The number of aliphatic hydroxyl groups is 1. The Balaban J connectivity index is 2.16. The van der Waals surface area contributed by atoms with E-state index in [4.69, 9.17) is 11.6 Å². The van der Waals surface area contributed by atoms with Crippen molar-refractivity contribution in [3.05, 3.63) is 28.8 Å². The molecule has 0 aromatic heterocycles. The summed E-state index contributed by atoms with van der Waals surface area (Å²) >= 11 is 5.95. The number of hydrogen-bond acceptors (Lipinski definition) is 3. The fraction of sp³-hybridized carbons (Fsp3) is 0.500. The monoisotopic (exact) mass is 282 g/mol. The zero-order chi connectivity index (χ0) is 13.8. The molecule has 0 bridgehead atoms. The predicted octanol–water partition coefficient (Wildman–Crippen LogP) is 1.89. The number of nitrogens with zero attached hydrogens (tertiary/aromatic N) is 2. The Hall–Kier alpha value is -1.26. The molecule has 19 heavy (non-hydrogen) atoms. The van der Waals surface area contributed by atoms with Crippen molar-refractivity contribution >= 4 is 23.2 Å². The summed E-state index contributed by atoms with van der Waals surface area (Å²) in [7, 11) is 0. The Morgan fingerprint density at radius 3 is 2.79 bits per heavy atom.